The number of anilines is 1. The van der Waals surface area contributed by atoms with Crippen LogP contribution in [-0.4, -0.2) is 29.9 Å². The fraction of sp³-hybridized carbons (Fsp3) is 0.333. The van der Waals surface area contributed by atoms with Gasteiger partial charge in [-0.15, -0.1) is 0 Å². The summed E-state index contributed by atoms with van der Waals surface area (Å²) in [4.78, 5) is 11.7. The topological polar surface area (TPSA) is 47.5 Å². The van der Waals surface area contributed by atoms with E-state index in [1.165, 1.54) is 18.4 Å². The molecule has 5 heteroatoms. The molecule has 0 N–H and O–H groups in total. The van der Waals surface area contributed by atoms with E-state index in [0.29, 0.717) is 5.82 Å². The average molecular weight is 349 g/mol. The van der Waals surface area contributed by atoms with Crippen LogP contribution in [0.4, 0.5) is 5.82 Å². The predicted molar refractivity (Wildman–Crippen MR) is 101 cm³/mol. The van der Waals surface area contributed by atoms with E-state index >= 15 is 0 Å². The number of aromatic nitrogens is 2. The van der Waals surface area contributed by atoms with E-state index in [4.69, 9.17) is 14.5 Å². The number of hydrogen-bond acceptors (Lipinski definition) is 5. The van der Waals surface area contributed by atoms with Crippen LogP contribution in [0.15, 0.2) is 54.0 Å². The van der Waals surface area contributed by atoms with Crippen molar-refractivity contribution >= 4 is 11.9 Å². The van der Waals surface area contributed by atoms with Gasteiger partial charge in [0.05, 0.1) is 0 Å². The molecule has 2 aliphatic rings. The van der Waals surface area contributed by atoms with E-state index in [0.717, 1.165) is 42.4 Å². The Balaban J connectivity index is 1.67. The molecule has 134 valence electrons. The molecule has 1 fully saturated rings. The summed E-state index contributed by atoms with van der Waals surface area (Å²) in [6.07, 6.45) is 6.88. The molecule has 3 heterocycles. The summed E-state index contributed by atoms with van der Waals surface area (Å²) < 4.78 is 10.9. The van der Waals surface area contributed by atoms with Crippen LogP contribution < -0.4 is 4.90 Å². The third-order valence-electron chi connectivity index (χ3n) is 4.62. The molecule has 0 atom stereocenters. The molecule has 0 amide bonds. The lowest BCUT2D eigenvalue weighted by Crippen LogP contribution is -2.19. The fourth-order valence-corrected chi connectivity index (χ4v) is 3.34. The van der Waals surface area contributed by atoms with Gasteiger partial charge in [0.15, 0.2) is 11.6 Å². The van der Waals surface area contributed by atoms with Crippen LogP contribution in [0.5, 0.6) is 0 Å². The highest BCUT2D eigenvalue weighted by atomic mass is 16.7. The van der Waals surface area contributed by atoms with Gasteiger partial charge in [-0.25, -0.2) is 9.97 Å². The second-order valence-electron chi connectivity index (χ2n) is 6.66. The summed E-state index contributed by atoms with van der Waals surface area (Å²) in [5, 5.41) is 0. The number of ether oxygens (including phenoxy) is 2. The number of allylic oxidation sites excluding steroid dienone is 1. The zero-order valence-electron chi connectivity index (χ0n) is 15.0. The summed E-state index contributed by atoms with van der Waals surface area (Å²) in [6.45, 7) is 4.41. The van der Waals surface area contributed by atoms with Crippen molar-refractivity contribution in [3.8, 4) is 0 Å². The van der Waals surface area contributed by atoms with Gasteiger partial charge in [-0.1, -0.05) is 30.3 Å². The minimum absolute atomic E-state index is 0.259. The molecule has 1 aromatic heterocycles. The Morgan fingerprint density at radius 3 is 2.69 bits per heavy atom. The Morgan fingerprint density at radius 2 is 1.96 bits per heavy atom. The van der Waals surface area contributed by atoms with Crippen molar-refractivity contribution in [1.29, 1.82) is 0 Å². The van der Waals surface area contributed by atoms with Crippen LogP contribution in [0.25, 0.3) is 6.08 Å². The average Bonchev–Trinajstić information content (AvgIpc) is 3.36. The van der Waals surface area contributed by atoms with E-state index in [9.17, 15) is 0 Å². The zero-order chi connectivity index (χ0) is 17.8. The van der Waals surface area contributed by atoms with E-state index in [1.54, 1.807) is 6.26 Å². The Kier molecular flexibility index (Phi) is 4.86. The van der Waals surface area contributed by atoms with Crippen LogP contribution in [0.3, 0.4) is 0 Å². The molecule has 0 bridgehead atoms. The maximum Gasteiger partial charge on any atom is 0.230 e. The molecule has 0 unspecified atom stereocenters. The molecule has 4 rings (SSSR count). The predicted octanol–water partition coefficient (Wildman–Crippen LogP) is 3.86. The van der Waals surface area contributed by atoms with E-state index in [1.807, 2.05) is 31.2 Å². The number of benzene rings is 1. The Bertz CT molecular complexity index is 824. The summed E-state index contributed by atoms with van der Waals surface area (Å²) >= 11 is 0. The van der Waals surface area contributed by atoms with Gasteiger partial charge in [0.2, 0.25) is 6.79 Å². The van der Waals surface area contributed by atoms with Crippen molar-refractivity contribution in [2.45, 2.75) is 26.2 Å². The van der Waals surface area contributed by atoms with Gasteiger partial charge in [0.1, 0.15) is 12.1 Å². The van der Waals surface area contributed by atoms with Gasteiger partial charge < -0.3 is 14.4 Å². The van der Waals surface area contributed by atoms with Crippen LogP contribution in [0.1, 0.15) is 29.9 Å². The highest BCUT2D eigenvalue weighted by molar-refractivity contribution is 5.56. The molecule has 1 saturated heterocycles. The molecule has 26 heavy (non-hydrogen) atoms. The molecule has 0 aliphatic carbocycles. The van der Waals surface area contributed by atoms with E-state index < -0.39 is 0 Å². The number of hydrogen-bond donors (Lipinski definition) is 0. The van der Waals surface area contributed by atoms with E-state index in [2.05, 4.69) is 28.1 Å². The zero-order valence-corrected chi connectivity index (χ0v) is 15.0. The monoisotopic (exact) mass is 349 g/mol. The third-order valence-corrected chi connectivity index (χ3v) is 4.62. The smallest absolute Gasteiger partial charge is 0.230 e. The van der Waals surface area contributed by atoms with Gasteiger partial charge in [0, 0.05) is 36.8 Å². The highest BCUT2D eigenvalue weighted by Crippen LogP contribution is 2.24. The lowest BCUT2D eigenvalue weighted by molar-refractivity contribution is 0.0830. The first-order valence-electron chi connectivity index (χ1n) is 9.08. The largest absolute Gasteiger partial charge is 0.461 e. The molecule has 2 aromatic rings. The second-order valence-corrected chi connectivity index (χ2v) is 6.66. The standard InChI is InChI=1S/C21H23N3O2/c1-16-11-21(24-9-5-6-10-24)23-20(22-16)13-18(19-14-25-15-26-19)12-17-7-3-2-4-8-17/h2-4,7-8,11,13-14H,5-6,9-10,12,15H2,1H3/b18-13+. The molecular weight excluding hydrogens is 326 g/mol. The SMILES string of the molecule is Cc1cc(N2CCCC2)nc(/C=C(\Cc2ccccc2)C2=COCO2)n1. The Labute approximate surface area is 154 Å². The Hall–Kier alpha value is -2.82. The van der Waals surface area contributed by atoms with Crippen molar-refractivity contribution in [3.05, 3.63) is 71.1 Å². The summed E-state index contributed by atoms with van der Waals surface area (Å²) in [5.41, 5.74) is 3.21. The molecule has 5 nitrogen and oxygen atoms in total. The lowest BCUT2D eigenvalue weighted by atomic mass is 10.0. The van der Waals surface area contributed by atoms with Crippen molar-refractivity contribution in [2.75, 3.05) is 24.8 Å². The van der Waals surface area contributed by atoms with Gasteiger partial charge >= 0.3 is 0 Å². The number of nitrogens with zero attached hydrogens (tertiary/aromatic N) is 3. The molecule has 2 aliphatic heterocycles. The van der Waals surface area contributed by atoms with Crippen LogP contribution >= 0.6 is 0 Å². The van der Waals surface area contributed by atoms with Crippen LogP contribution in [0.2, 0.25) is 0 Å². The van der Waals surface area contributed by atoms with Crippen molar-refractivity contribution in [1.82, 2.24) is 9.97 Å². The lowest BCUT2D eigenvalue weighted by Gasteiger charge is -2.17. The Morgan fingerprint density at radius 1 is 1.15 bits per heavy atom. The second kappa shape index (κ2) is 7.60. The van der Waals surface area contributed by atoms with Gasteiger partial charge in [-0.2, -0.15) is 0 Å². The van der Waals surface area contributed by atoms with Gasteiger partial charge in [-0.05, 0) is 31.4 Å². The minimum Gasteiger partial charge on any atom is -0.461 e. The van der Waals surface area contributed by atoms with Crippen molar-refractivity contribution in [3.63, 3.8) is 0 Å². The van der Waals surface area contributed by atoms with Gasteiger partial charge in [0.25, 0.3) is 0 Å². The first-order chi connectivity index (χ1) is 12.8. The molecular formula is C21H23N3O2. The molecule has 1 aromatic carbocycles. The molecule has 0 saturated carbocycles. The quantitative estimate of drug-likeness (QED) is 0.820. The first-order valence-corrected chi connectivity index (χ1v) is 9.08. The third kappa shape index (κ3) is 3.87. The summed E-state index contributed by atoms with van der Waals surface area (Å²) in [5.74, 6) is 2.48. The van der Waals surface area contributed by atoms with Crippen LogP contribution in [-0.2, 0) is 15.9 Å². The van der Waals surface area contributed by atoms with Crippen LogP contribution in [0, 0.1) is 6.92 Å². The summed E-state index contributed by atoms with van der Waals surface area (Å²) in [6, 6.07) is 12.4. The van der Waals surface area contributed by atoms with Gasteiger partial charge in [-0.3, -0.25) is 0 Å². The molecule has 0 radical (unpaired) electrons. The number of rotatable bonds is 5. The minimum atomic E-state index is 0.259. The van der Waals surface area contributed by atoms with Crippen molar-refractivity contribution in [2.24, 2.45) is 0 Å². The molecule has 0 spiro atoms. The normalized spacial score (nSPS) is 17.0. The number of aryl methyl sites for hydroxylation is 1. The maximum absolute atomic E-state index is 5.62. The van der Waals surface area contributed by atoms with Crippen molar-refractivity contribution < 1.29 is 9.47 Å². The maximum atomic E-state index is 5.62. The summed E-state index contributed by atoms with van der Waals surface area (Å²) in [7, 11) is 0. The highest BCUT2D eigenvalue weighted by Gasteiger charge is 2.17. The van der Waals surface area contributed by atoms with E-state index in [-0.39, 0.29) is 6.79 Å². The fourth-order valence-electron chi connectivity index (χ4n) is 3.34. The first kappa shape index (κ1) is 16.6.